The van der Waals surface area contributed by atoms with Gasteiger partial charge in [-0.25, -0.2) is 8.42 Å². The lowest BCUT2D eigenvalue weighted by Gasteiger charge is -2.26. The van der Waals surface area contributed by atoms with Gasteiger partial charge in [-0.2, -0.15) is 4.31 Å². The minimum absolute atomic E-state index is 0.140. The Labute approximate surface area is 171 Å². The van der Waals surface area contributed by atoms with Crippen LogP contribution in [0.2, 0.25) is 0 Å². The lowest BCUT2D eigenvalue weighted by atomic mass is 10.1. The number of hydrogen-bond acceptors (Lipinski definition) is 5. The molecule has 0 bridgehead atoms. The minimum atomic E-state index is -3.62. The average molecular weight is 416 g/mol. The normalized spacial score (nSPS) is 15.4. The van der Waals surface area contributed by atoms with Crippen LogP contribution in [0.15, 0.2) is 53.4 Å². The highest BCUT2D eigenvalue weighted by molar-refractivity contribution is 7.89. The van der Waals surface area contributed by atoms with Gasteiger partial charge in [-0.15, -0.1) is 0 Å². The van der Waals surface area contributed by atoms with Gasteiger partial charge in [0.15, 0.2) is 0 Å². The number of aryl methyl sites for hydroxylation is 1. The van der Waals surface area contributed by atoms with Gasteiger partial charge in [-0.1, -0.05) is 17.7 Å². The van der Waals surface area contributed by atoms with Crippen molar-refractivity contribution in [2.75, 3.05) is 38.7 Å². The Morgan fingerprint density at radius 3 is 2.66 bits per heavy atom. The molecule has 0 aromatic heterocycles. The van der Waals surface area contributed by atoms with Crippen molar-refractivity contribution in [1.82, 2.24) is 4.31 Å². The number of nitrogens with one attached hydrogen (secondary N) is 1. The van der Waals surface area contributed by atoms with E-state index in [-0.39, 0.29) is 10.8 Å². The van der Waals surface area contributed by atoms with E-state index in [1.165, 1.54) is 22.5 Å². The molecule has 1 heterocycles. The second-order valence-corrected chi connectivity index (χ2v) is 8.55. The molecule has 1 aliphatic heterocycles. The highest BCUT2D eigenvalue weighted by atomic mass is 32.2. The van der Waals surface area contributed by atoms with Gasteiger partial charge in [0, 0.05) is 30.4 Å². The third kappa shape index (κ3) is 5.23. The molecule has 1 fully saturated rings. The first kappa shape index (κ1) is 21.0. The molecule has 1 aliphatic rings. The van der Waals surface area contributed by atoms with Gasteiger partial charge in [0.1, 0.15) is 5.75 Å². The van der Waals surface area contributed by atoms with Crippen molar-refractivity contribution < 1.29 is 22.7 Å². The van der Waals surface area contributed by atoms with E-state index >= 15 is 0 Å². The molecular formula is C21H24N2O5S. The Morgan fingerprint density at radius 2 is 1.93 bits per heavy atom. The maximum absolute atomic E-state index is 12.8. The number of methoxy groups -OCH3 is 1. The van der Waals surface area contributed by atoms with E-state index in [4.69, 9.17) is 9.47 Å². The van der Waals surface area contributed by atoms with Gasteiger partial charge >= 0.3 is 0 Å². The summed E-state index contributed by atoms with van der Waals surface area (Å²) in [6.07, 6.45) is 3.05. The Bertz CT molecular complexity index is 1010. The third-order valence-corrected chi connectivity index (χ3v) is 6.40. The van der Waals surface area contributed by atoms with Crippen LogP contribution in [-0.4, -0.2) is 52.0 Å². The van der Waals surface area contributed by atoms with Crippen LogP contribution in [0.5, 0.6) is 5.75 Å². The molecule has 1 saturated heterocycles. The fraction of sp³-hybridized carbons (Fsp3) is 0.286. The van der Waals surface area contributed by atoms with Crippen molar-refractivity contribution in [2.24, 2.45) is 0 Å². The van der Waals surface area contributed by atoms with Crippen LogP contribution in [-0.2, 0) is 19.6 Å². The van der Waals surface area contributed by atoms with Crippen molar-refractivity contribution in [3.63, 3.8) is 0 Å². The maximum Gasteiger partial charge on any atom is 0.248 e. The molecule has 0 unspecified atom stereocenters. The number of carbonyl (C=O) groups is 1. The summed E-state index contributed by atoms with van der Waals surface area (Å²) in [5.74, 6) is 0.299. The Morgan fingerprint density at radius 1 is 1.17 bits per heavy atom. The van der Waals surface area contributed by atoms with Crippen LogP contribution in [0.25, 0.3) is 6.08 Å². The molecule has 0 radical (unpaired) electrons. The number of nitrogens with zero attached hydrogens (tertiary/aromatic N) is 1. The summed E-state index contributed by atoms with van der Waals surface area (Å²) < 4.78 is 37.4. The number of rotatable bonds is 6. The number of anilines is 1. The summed E-state index contributed by atoms with van der Waals surface area (Å²) in [5, 5.41) is 2.71. The summed E-state index contributed by atoms with van der Waals surface area (Å²) in [5.41, 5.74) is 2.24. The Kier molecular flexibility index (Phi) is 6.68. The molecular weight excluding hydrogens is 392 g/mol. The van der Waals surface area contributed by atoms with Crippen LogP contribution in [0, 0.1) is 6.92 Å². The first-order valence-electron chi connectivity index (χ1n) is 9.22. The third-order valence-electron chi connectivity index (χ3n) is 4.51. The number of ether oxygens (including phenoxy) is 2. The Balaban J connectivity index is 1.73. The summed E-state index contributed by atoms with van der Waals surface area (Å²) in [7, 11) is -2.05. The van der Waals surface area contributed by atoms with E-state index in [0.29, 0.717) is 37.7 Å². The summed E-state index contributed by atoms with van der Waals surface area (Å²) in [4.78, 5) is 12.5. The molecule has 1 amide bonds. The van der Waals surface area contributed by atoms with Gasteiger partial charge in [0.05, 0.1) is 25.2 Å². The fourth-order valence-corrected chi connectivity index (χ4v) is 4.46. The molecule has 1 N–H and O–H groups in total. The molecule has 2 aromatic rings. The molecule has 3 rings (SSSR count). The number of carbonyl (C=O) groups excluding carboxylic acids is 1. The molecule has 0 spiro atoms. The van der Waals surface area contributed by atoms with E-state index in [1.807, 2.05) is 25.1 Å². The SMILES string of the molecule is COc1ccc(C)cc1/C=C/C(=O)Nc1cccc(S(=O)(=O)N2CCOCC2)c1. The first-order valence-corrected chi connectivity index (χ1v) is 10.7. The lowest BCUT2D eigenvalue weighted by Crippen LogP contribution is -2.40. The van der Waals surface area contributed by atoms with E-state index < -0.39 is 10.0 Å². The van der Waals surface area contributed by atoms with E-state index in [1.54, 1.807) is 25.3 Å². The molecule has 0 aliphatic carbocycles. The van der Waals surface area contributed by atoms with Crippen LogP contribution >= 0.6 is 0 Å². The second kappa shape index (κ2) is 9.21. The largest absolute Gasteiger partial charge is 0.496 e. The van der Waals surface area contributed by atoms with Gasteiger partial charge in [-0.3, -0.25) is 4.79 Å². The zero-order valence-corrected chi connectivity index (χ0v) is 17.2. The topological polar surface area (TPSA) is 84.9 Å². The van der Waals surface area contributed by atoms with Gasteiger partial charge < -0.3 is 14.8 Å². The van der Waals surface area contributed by atoms with Gasteiger partial charge in [-0.05, 0) is 43.3 Å². The molecule has 7 nitrogen and oxygen atoms in total. The van der Waals surface area contributed by atoms with Crippen LogP contribution in [0.3, 0.4) is 0 Å². The zero-order valence-electron chi connectivity index (χ0n) is 16.4. The van der Waals surface area contributed by atoms with Crippen molar-refractivity contribution in [3.05, 3.63) is 59.7 Å². The molecule has 2 aromatic carbocycles. The number of morpholine rings is 1. The highest BCUT2D eigenvalue weighted by Crippen LogP contribution is 2.22. The smallest absolute Gasteiger partial charge is 0.248 e. The lowest BCUT2D eigenvalue weighted by molar-refractivity contribution is -0.111. The second-order valence-electron chi connectivity index (χ2n) is 6.61. The summed E-state index contributed by atoms with van der Waals surface area (Å²) >= 11 is 0. The molecule has 0 saturated carbocycles. The monoisotopic (exact) mass is 416 g/mol. The fourth-order valence-electron chi connectivity index (χ4n) is 3.00. The van der Waals surface area contributed by atoms with Crippen molar-refractivity contribution >= 4 is 27.7 Å². The molecule has 8 heteroatoms. The first-order chi connectivity index (χ1) is 13.9. The van der Waals surface area contributed by atoms with Crippen LogP contribution < -0.4 is 10.1 Å². The predicted octanol–water partition coefficient (Wildman–Crippen LogP) is 2.68. The Hall–Kier alpha value is -2.68. The molecule has 154 valence electrons. The number of hydrogen-bond donors (Lipinski definition) is 1. The van der Waals surface area contributed by atoms with Crippen LogP contribution in [0.4, 0.5) is 5.69 Å². The van der Waals surface area contributed by atoms with Crippen LogP contribution in [0.1, 0.15) is 11.1 Å². The van der Waals surface area contributed by atoms with Crippen molar-refractivity contribution in [3.8, 4) is 5.75 Å². The summed E-state index contributed by atoms with van der Waals surface area (Å²) in [6.45, 7) is 3.35. The zero-order chi connectivity index (χ0) is 20.9. The number of benzene rings is 2. The highest BCUT2D eigenvalue weighted by Gasteiger charge is 2.26. The summed E-state index contributed by atoms with van der Waals surface area (Å²) in [6, 6.07) is 11.9. The molecule has 0 atom stereocenters. The number of amides is 1. The maximum atomic E-state index is 12.8. The quantitative estimate of drug-likeness (QED) is 0.732. The minimum Gasteiger partial charge on any atom is -0.496 e. The average Bonchev–Trinajstić information content (AvgIpc) is 2.73. The van der Waals surface area contributed by atoms with E-state index in [0.717, 1.165) is 11.1 Å². The predicted molar refractivity (Wildman–Crippen MR) is 111 cm³/mol. The number of sulfonamides is 1. The van der Waals surface area contributed by atoms with Gasteiger partial charge in [0.2, 0.25) is 15.9 Å². The van der Waals surface area contributed by atoms with Gasteiger partial charge in [0.25, 0.3) is 0 Å². The van der Waals surface area contributed by atoms with Crippen molar-refractivity contribution in [1.29, 1.82) is 0 Å². The van der Waals surface area contributed by atoms with E-state index in [2.05, 4.69) is 5.32 Å². The van der Waals surface area contributed by atoms with Crippen molar-refractivity contribution in [2.45, 2.75) is 11.8 Å². The van der Waals surface area contributed by atoms with E-state index in [9.17, 15) is 13.2 Å². The molecule has 29 heavy (non-hydrogen) atoms. The standard InChI is InChI=1S/C21H24N2O5S/c1-16-6-8-20(27-2)17(14-16)7-9-21(24)22-18-4-3-5-19(15-18)29(25,26)23-10-12-28-13-11-23/h3-9,14-15H,10-13H2,1-2H3,(H,22,24)/b9-7+.